The number of carbonyl (C=O) groups is 1. The van der Waals surface area contributed by atoms with Gasteiger partial charge in [-0.15, -0.1) is 0 Å². The maximum atomic E-state index is 12.9. The Bertz CT molecular complexity index is 1050. The number of fused-ring (bicyclic) bond motifs is 1. The van der Waals surface area contributed by atoms with Crippen LogP contribution in [0.25, 0.3) is 10.8 Å². The lowest BCUT2D eigenvalue weighted by molar-refractivity contribution is -0.117. The molecule has 4 aromatic rings. The lowest BCUT2D eigenvalue weighted by Gasteiger charge is -2.24. The first kappa shape index (κ1) is 18.9. The van der Waals surface area contributed by atoms with Crippen molar-refractivity contribution in [3.8, 4) is 0 Å². The number of hydrogen-bond donors (Lipinski definition) is 2. The first-order valence-electron chi connectivity index (χ1n) is 9.86. The zero-order valence-electron chi connectivity index (χ0n) is 16.4. The highest BCUT2D eigenvalue weighted by atomic mass is 16.2. The fourth-order valence-electron chi connectivity index (χ4n) is 3.52. The Morgan fingerprint density at radius 3 is 1.86 bits per heavy atom. The number of anilines is 1. The van der Waals surface area contributed by atoms with Gasteiger partial charge in [-0.2, -0.15) is 0 Å². The van der Waals surface area contributed by atoms with E-state index in [0.29, 0.717) is 0 Å². The van der Waals surface area contributed by atoms with Gasteiger partial charge in [0.2, 0.25) is 5.91 Å². The molecule has 4 aromatic carbocycles. The van der Waals surface area contributed by atoms with Crippen LogP contribution in [0.5, 0.6) is 0 Å². The Balaban J connectivity index is 1.52. The van der Waals surface area contributed by atoms with E-state index in [2.05, 4.69) is 41.0 Å². The van der Waals surface area contributed by atoms with E-state index in [1.807, 2.05) is 79.7 Å². The van der Waals surface area contributed by atoms with Crippen molar-refractivity contribution >= 4 is 22.4 Å². The van der Waals surface area contributed by atoms with E-state index in [0.717, 1.165) is 27.6 Å². The third-order valence-electron chi connectivity index (χ3n) is 5.09. The Kier molecular flexibility index (Phi) is 5.68. The molecule has 0 aliphatic carbocycles. The molecule has 0 radical (unpaired) electrons. The number of nitrogens with one attached hydrogen (secondary N) is 2. The summed E-state index contributed by atoms with van der Waals surface area (Å²) in [5, 5.41) is 8.80. The van der Waals surface area contributed by atoms with Crippen molar-refractivity contribution in [3.63, 3.8) is 0 Å². The second kappa shape index (κ2) is 8.72. The number of amides is 1. The Labute approximate surface area is 171 Å². The average molecular weight is 380 g/mol. The van der Waals surface area contributed by atoms with Crippen LogP contribution in [0.1, 0.15) is 24.1 Å². The summed E-state index contributed by atoms with van der Waals surface area (Å²) in [4.78, 5) is 12.9. The Hall–Kier alpha value is -3.43. The second-order valence-corrected chi connectivity index (χ2v) is 7.19. The molecule has 0 aliphatic heterocycles. The lowest BCUT2D eigenvalue weighted by atomic mass is 9.98. The molecule has 3 heteroatoms. The highest BCUT2D eigenvalue weighted by Crippen LogP contribution is 2.23. The maximum absolute atomic E-state index is 12.9. The first-order chi connectivity index (χ1) is 14.2. The van der Waals surface area contributed by atoms with Gasteiger partial charge in [-0.25, -0.2) is 0 Å². The lowest BCUT2D eigenvalue weighted by Crippen LogP contribution is -2.40. The van der Waals surface area contributed by atoms with Gasteiger partial charge < -0.3 is 5.32 Å². The first-order valence-corrected chi connectivity index (χ1v) is 9.86. The van der Waals surface area contributed by atoms with Crippen LogP contribution in [-0.4, -0.2) is 11.9 Å². The van der Waals surface area contributed by atoms with Crippen LogP contribution in [-0.2, 0) is 4.79 Å². The third kappa shape index (κ3) is 4.53. The van der Waals surface area contributed by atoms with E-state index in [1.165, 1.54) is 0 Å². The zero-order valence-corrected chi connectivity index (χ0v) is 16.4. The molecule has 0 fully saturated rings. The van der Waals surface area contributed by atoms with E-state index >= 15 is 0 Å². The van der Waals surface area contributed by atoms with Crippen molar-refractivity contribution < 1.29 is 4.79 Å². The molecule has 0 spiro atoms. The normalized spacial score (nSPS) is 12.1. The molecule has 0 bridgehead atoms. The molecule has 1 atom stereocenters. The van der Waals surface area contributed by atoms with E-state index in [-0.39, 0.29) is 18.0 Å². The van der Waals surface area contributed by atoms with Gasteiger partial charge in [-0.1, -0.05) is 91.0 Å². The fourth-order valence-corrected chi connectivity index (χ4v) is 3.52. The predicted molar refractivity (Wildman–Crippen MR) is 120 cm³/mol. The molecule has 1 amide bonds. The SMILES string of the molecule is CC(NC(c1ccccc1)c1ccccc1)C(=O)Nc1ccc2ccccc2c1. The largest absolute Gasteiger partial charge is 0.325 e. The zero-order chi connectivity index (χ0) is 20.1. The number of carbonyl (C=O) groups excluding carboxylic acids is 1. The second-order valence-electron chi connectivity index (χ2n) is 7.19. The molecule has 3 nitrogen and oxygen atoms in total. The van der Waals surface area contributed by atoms with E-state index in [1.54, 1.807) is 0 Å². The quantitative estimate of drug-likeness (QED) is 0.461. The van der Waals surface area contributed by atoms with Crippen LogP contribution in [0.3, 0.4) is 0 Å². The monoisotopic (exact) mass is 380 g/mol. The molecular formula is C26H24N2O. The molecule has 4 rings (SSSR count). The van der Waals surface area contributed by atoms with Gasteiger partial charge in [-0.05, 0) is 41.0 Å². The molecule has 144 valence electrons. The number of benzene rings is 4. The van der Waals surface area contributed by atoms with Crippen LogP contribution in [0.15, 0.2) is 103 Å². The summed E-state index contributed by atoms with van der Waals surface area (Å²) in [7, 11) is 0. The maximum Gasteiger partial charge on any atom is 0.241 e. The molecular weight excluding hydrogens is 356 g/mol. The van der Waals surface area contributed by atoms with Crippen LogP contribution in [0.4, 0.5) is 5.69 Å². The van der Waals surface area contributed by atoms with Gasteiger partial charge in [0.15, 0.2) is 0 Å². The number of rotatable bonds is 6. The molecule has 0 saturated carbocycles. The van der Waals surface area contributed by atoms with Crippen molar-refractivity contribution in [3.05, 3.63) is 114 Å². The highest BCUT2D eigenvalue weighted by molar-refractivity contribution is 5.97. The van der Waals surface area contributed by atoms with Crippen molar-refractivity contribution in [2.45, 2.75) is 19.0 Å². The summed E-state index contributed by atoms with van der Waals surface area (Å²) in [5.74, 6) is -0.0582. The van der Waals surface area contributed by atoms with E-state index in [9.17, 15) is 4.79 Å². The fraction of sp³-hybridized carbons (Fsp3) is 0.115. The summed E-state index contributed by atoms with van der Waals surface area (Å²) in [6.45, 7) is 1.90. The summed E-state index contributed by atoms with van der Waals surface area (Å²) >= 11 is 0. The van der Waals surface area contributed by atoms with Gasteiger partial charge >= 0.3 is 0 Å². The molecule has 0 aromatic heterocycles. The van der Waals surface area contributed by atoms with Crippen LogP contribution >= 0.6 is 0 Å². The Morgan fingerprint density at radius 2 is 1.24 bits per heavy atom. The van der Waals surface area contributed by atoms with Gasteiger partial charge in [0, 0.05) is 5.69 Å². The van der Waals surface area contributed by atoms with Crippen molar-refractivity contribution in [2.75, 3.05) is 5.32 Å². The van der Waals surface area contributed by atoms with Gasteiger partial charge in [0.1, 0.15) is 0 Å². The highest BCUT2D eigenvalue weighted by Gasteiger charge is 2.20. The van der Waals surface area contributed by atoms with Crippen LogP contribution in [0, 0.1) is 0 Å². The van der Waals surface area contributed by atoms with Crippen LogP contribution in [0.2, 0.25) is 0 Å². The molecule has 29 heavy (non-hydrogen) atoms. The van der Waals surface area contributed by atoms with Crippen molar-refractivity contribution in [1.29, 1.82) is 0 Å². The van der Waals surface area contributed by atoms with Gasteiger partial charge in [0.05, 0.1) is 12.1 Å². The molecule has 1 unspecified atom stereocenters. The molecule has 2 N–H and O–H groups in total. The van der Waals surface area contributed by atoms with E-state index < -0.39 is 0 Å². The van der Waals surface area contributed by atoms with Crippen molar-refractivity contribution in [1.82, 2.24) is 5.32 Å². The summed E-state index contributed by atoms with van der Waals surface area (Å²) in [5.41, 5.74) is 3.06. The molecule has 0 aliphatic rings. The van der Waals surface area contributed by atoms with E-state index in [4.69, 9.17) is 0 Å². The summed E-state index contributed by atoms with van der Waals surface area (Å²) in [6, 6.07) is 34.1. The average Bonchev–Trinajstić information content (AvgIpc) is 2.78. The van der Waals surface area contributed by atoms with Crippen molar-refractivity contribution in [2.24, 2.45) is 0 Å². The van der Waals surface area contributed by atoms with Gasteiger partial charge in [0.25, 0.3) is 0 Å². The number of hydrogen-bond acceptors (Lipinski definition) is 2. The minimum Gasteiger partial charge on any atom is -0.325 e. The predicted octanol–water partition coefficient (Wildman–Crippen LogP) is 5.55. The Morgan fingerprint density at radius 1 is 0.690 bits per heavy atom. The standard InChI is InChI=1S/C26H24N2O/c1-19(26(29)28-24-17-16-20-10-8-9-15-23(20)18-24)27-25(21-11-4-2-5-12-21)22-13-6-3-7-14-22/h2-19,25,27H,1H3,(H,28,29). The minimum atomic E-state index is -0.369. The topological polar surface area (TPSA) is 41.1 Å². The molecule has 0 saturated heterocycles. The summed E-state index contributed by atoms with van der Waals surface area (Å²) in [6.07, 6.45) is 0. The summed E-state index contributed by atoms with van der Waals surface area (Å²) < 4.78 is 0. The smallest absolute Gasteiger partial charge is 0.241 e. The molecule has 0 heterocycles. The third-order valence-corrected chi connectivity index (χ3v) is 5.09. The van der Waals surface area contributed by atoms with Crippen LogP contribution < -0.4 is 10.6 Å². The minimum absolute atomic E-state index is 0.0582. The van der Waals surface area contributed by atoms with Gasteiger partial charge in [-0.3, -0.25) is 10.1 Å².